The molecule has 1 N–H and O–H groups in total. The van der Waals surface area contributed by atoms with Gasteiger partial charge in [-0.25, -0.2) is 4.39 Å². The van der Waals surface area contributed by atoms with Gasteiger partial charge in [-0.05, 0) is 48.9 Å². The highest BCUT2D eigenvalue weighted by Crippen LogP contribution is 2.30. The van der Waals surface area contributed by atoms with Gasteiger partial charge in [-0.15, -0.1) is 11.3 Å². The molecule has 110 valence electrons. The van der Waals surface area contributed by atoms with Crippen LogP contribution in [0.1, 0.15) is 22.5 Å². The summed E-state index contributed by atoms with van der Waals surface area (Å²) in [5.74, 6) is 0.432. The van der Waals surface area contributed by atoms with Crippen molar-refractivity contribution in [3.05, 3.63) is 35.0 Å². The molecule has 3 nitrogen and oxygen atoms in total. The monoisotopic (exact) mass is 304 g/mol. The average Bonchev–Trinajstić information content (AvgIpc) is 3.09. The molecule has 2 aliphatic rings. The van der Waals surface area contributed by atoms with Gasteiger partial charge in [-0.3, -0.25) is 4.79 Å². The number of amides is 1. The lowest BCUT2D eigenvalue weighted by molar-refractivity contribution is 0.0790. The van der Waals surface area contributed by atoms with Gasteiger partial charge in [0.15, 0.2) is 0 Å². The zero-order chi connectivity index (χ0) is 14.4. The van der Waals surface area contributed by atoms with E-state index < -0.39 is 0 Å². The maximum atomic E-state index is 13.3. The molecule has 0 aliphatic carbocycles. The molecule has 21 heavy (non-hydrogen) atoms. The topological polar surface area (TPSA) is 32.3 Å². The third-order valence-electron chi connectivity index (χ3n) is 4.58. The standard InChI is InChI=1S/C16H17FN2OS/c17-12-4-3-10-6-15(21-14(10)7-12)16(20)19-8-11-2-1-5-18-13(11)9-19/h3-4,6-7,11,13,18H,1-2,5,8-9H2/t11-,13+/m0/s1. The van der Waals surface area contributed by atoms with E-state index in [9.17, 15) is 9.18 Å². The first kappa shape index (κ1) is 13.2. The third-order valence-corrected chi connectivity index (χ3v) is 5.67. The molecule has 1 aromatic carbocycles. The minimum Gasteiger partial charge on any atom is -0.336 e. The number of hydrogen-bond acceptors (Lipinski definition) is 3. The number of benzene rings is 1. The van der Waals surface area contributed by atoms with Crippen molar-refractivity contribution in [1.82, 2.24) is 10.2 Å². The molecule has 0 radical (unpaired) electrons. The Bertz CT molecular complexity index is 685. The minimum atomic E-state index is -0.250. The fourth-order valence-electron chi connectivity index (χ4n) is 3.48. The first-order chi connectivity index (χ1) is 10.2. The third kappa shape index (κ3) is 2.34. The molecule has 2 fully saturated rings. The maximum Gasteiger partial charge on any atom is 0.264 e. The molecule has 1 amide bonds. The molecule has 2 aliphatic heterocycles. The van der Waals surface area contributed by atoms with E-state index in [-0.39, 0.29) is 11.7 Å². The second kappa shape index (κ2) is 5.07. The summed E-state index contributed by atoms with van der Waals surface area (Å²) in [5.41, 5.74) is 0. The maximum absolute atomic E-state index is 13.3. The summed E-state index contributed by atoms with van der Waals surface area (Å²) in [4.78, 5) is 15.3. The van der Waals surface area contributed by atoms with Gasteiger partial charge in [0.2, 0.25) is 0 Å². The van der Waals surface area contributed by atoms with Crippen LogP contribution in [-0.2, 0) is 0 Å². The number of likely N-dealkylation sites (tertiary alicyclic amines) is 1. The number of nitrogens with one attached hydrogen (secondary N) is 1. The highest BCUT2D eigenvalue weighted by molar-refractivity contribution is 7.20. The number of fused-ring (bicyclic) bond motifs is 2. The van der Waals surface area contributed by atoms with Crippen molar-refractivity contribution in [2.45, 2.75) is 18.9 Å². The van der Waals surface area contributed by atoms with Crippen molar-refractivity contribution in [2.75, 3.05) is 19.6 Å². The van der Waals surface area contributed by atoms with Gasteiger partial charge in [0.05, 0.1) is 4.88 Å². The quantitative estimate of drug-likeness (QED) is 0.878. The molecule has 2 saturated heterocycles. The van der Waals surface area contributed by atoms with Crippen LogP contribution in [0.25, 0.3) is 10.1 Å². The number of carbonyl (C=O) groups is 1. The van der Waals surface area contributed by atoms with E-state index >= 15 is 0 Å². The Balaban J connectivity index is 1.58. The van der Waals surface area contributed by atoms with E-state index in [1.54, 1.807) is 6.07 Å². The van der Waals surface area contributed by atoms with E-state index in [4.69, 9.17) is 0 Å². The second-order valence-corrected chi connectivity index (χ2v) is 7.05. The van der Waals surface area contributed by atoms with Crippen molar-refractivity contribution in [3.8, 4) is 0 Å². The SMILES string of the molecule is O=C(c1cc2ccc(F)cc2s1)N1C[C@@H]2CCCN[C@@H]2C1. The lowest BCUT2D eigenvalue weighted by atomic mass is 9.94. The van der Waals surface area contributed by atoms with Crippen LogP contribution in [0.5, 0.6) is 0 Å². The van der Waals surface area contributed by atoms with E-state index in [1.165, 1.54) is 36.3 Å². The zero-order valence-corrected chi connectivity index (χ0v) is 12.5. The number of nitrogens with zero attached hydrogens (tertiary/aromatic N) is 1. The van der Waals surface area contributed by atoms with Gasteiger partial charge >= 0.3 is 0 Å². The molecule has 2 aromatic rings. The molecule has 0 spiro atoms. The van der Waals surface area contributed by atoms with Gasteiger partial charge in [0, 0.05) is 23.8 Å². The number of piperidine rings is 1. The molecule has 0 saturated carbocycles. The number of carbonyl (C=O) groups excluding carboxylic acids is 1. The van der Waals surface area contributed by atoms with E-state index in [0.29, 0.717) is 16.8 Å². The van der Waals surface area contributed by atoms with E-state index in [0.717, 1.165) is 29.7 Å². The van der Waals surface area contributed by atoms with Crippen molar-refractivity contribution in [1.29, 1.82) is 0 Å². The summed E-state index contributed by atoms with van der Waals surface area (Å²) in [6.45, 7) is 2.70. The second-order valence-electron chi connectivity index (χ2n) is 5.97. The van der Waals surface area contributed by atoms with Crippen LogP contribution in [-0.4, -0.2) is 36.5 Å². The van der Waals surface area contributed by atoms with Gasteiger partial charge in [0.25, 0.3) is 5.91 Å². The van der Waals surface area contributed by atoms with Crippen LogP contribution >= 0.6 is 11.3 Å². The summed E-state index contributed by atoms with van der Waals surface area (Å²) in [6.07, 6.45) is 2.41. The molecule has 2 atom stereocenters. The van der Waals surface area contributed by atoms with Gasteiger partial charge in [-0.2, -0.15) is 0 Å². The average molecular weight is 304 g/mol. The van der Waals surface area contributed by atoms with Crippen molar-refractivity contribution < 1.29 is 9.18 Å². The van der Waals surface area contributed by atoms with Gasteiger partial charge in [0.1, 0.15) is 5.82 Å². The van der Waals surface area contributed by atoms with Crippen LogP contribution in [0.3, 0.4) is 0 Å². The normalized spacial score (nSPS) is 25.3. The summed E-state index contributed by atoms with van der Waals surface area (Å²) in [5, 5.41) is 4.46. The number of thiophene rings is 1. The Morgan fingerprint density at radius 2 is 2.24 bits per heavy atom. The zero-order valence-electron chi connectivity index (χ0n) is 11.6. The first-order valence-electron chi connectivity index (χ1n) is 7.42. The number of hydrogen-bond donors (Lipinski definition) is 1. The van der Waals surface area contributed by atoms with Crippen LogP contribution in [0.15, 0.2) is 24.3 Å². The molecule has 3 heterocycles. The lowest BCUT2D eigenvalue weighted by Crippen LogP contribution is -2.41. The Kier molecular flexibility index (Phi) is 3.19. The fourth-order valence-corrected chi connectivity index (χ4v) is 4.53. The molecule has 0 unspecified atom stereocenters. The summed E-state index contributed by atoms with van der Waals surface area (Å²) >= 11 is 1.39. The molecular formula is C16H17FN2OS. The molecule has 0 bridgehead atoms. The summed E-state index contributed by atoms with van der Waals surface area (Å²) in [7, 11) is 0. The largest absolute Gasteiger partial charge is 0.336 e. The molecule has 5 heteroatoms. The Morgan fingerprint density at radius 1 is 1.33 bits per heavy atom. The Labute approximate surface area is 126 Å². The van der Waals surface area contributed by atoms with Gasteiger partial charge in [-0.1, -0.05) is 6.07 Å². The Morgan fingerprint density at radius 3 is 3.10 bits per heavy atom. The first-order valence-corrected chi connectivity index (χ1v) is 8.24. The van der Waals surface area contributed by atoms with Crippen LogP contribution < -0.4 is 5.32 Å². The van der Waals surface area contributed by atoms with Crippen molar-refractivity contribution in [3.63, 3.8) is 0 Å². The highest BCUT2D eigenvalue weighted by Gasteiger charge is 2.36. The predicted molar refractivity (Wildman–Crippen MR) is 82.2 cm³/mol. The summed E-state index contributed by atoms with van der Waals surface area (Å²) in [6, 6.07) is 7.02. The van der Waals surface area contributed by atoms with Crippen molar-refractivity contribution >= 4 is 27.3 Å². The van der Waals surface area contributed by atoms with E-state index in [1.807, 2.05) is 11.0 Å². The minimum absolute atomic E-state index is 0.0906. The van der Waals surface area contributed by atoms with Gasteiger partial charge < -0.3 is 10.2 Å². The highest BCUT2D eigenvalue weighted by atomic mass is 32.1. The molecule has 1 aromatic heterocycles. The number of rotatable bonds is 1. The number of halogens is 1. The lowest BCUT2D eigenvalue weighted by Gasteiger charge is -2.24. The molecule has 4 rings (SSSR count). The van der Waals surface area contributed by atoms with Crippen LogP contribution in [0.2, 0.25) is 0 Å². The fraction of sp³-hybridized carbons (Fsp3) is 0.438. The predicted octanol–water partition coefficient (Wildman–Crippen LogP) is 2.86. The molecular weight excluding hydrogens is 287 g/mol. The van der Waals surface area contributed by atoms with E-state index in [2.05, 4.69) is 5.32 Å². The Hall–Kier alpha value is -1.46. The smallest absolute Gasteiger partial charge is 0.264 e. The summed E-state index contributed by atoms with van der Waals surface area (Å²) < 4.78 is 14.1. The van der Waals surface area contributed by atoms with Crippen LogP contribution in [0, 0.1) is 11.7 Å². The van der Waals surface area contributed by atoms with Crippen molar-refractivity contribution in [2.24, 2.45) is 5.92 Å². The van der Waals surface area contributed by atoms with Crippen LogP contribution in [0.4, 0.5) is 4.39 Å².